The molecule has 0 radical (unpaired) electrons. The number of hydrogen-bond donors (Lipinski definition) is 0. The van der Waals surface area contributed by atoms with E-state index in [1.807, 2.05) is 30.3 Å². The molecule has 0 aromatic heterocycles. The molecule has 1 heterocycles. The number of hydrogen-bond acceptors (Lipinski definition) is 6. The Balaban J connectivity index is 1.72. The summed E-state index contributed by atoms with van der Waals surface area (Å²) in [5.41, 5.74) is 0.879. The Labute approximate surface area is 115 Å². The van der Waals surface area contributed by atoms with Gasteiger partial charge >= 0.3 is 17.9 Å². The van der Waals surface area contributed by atoms with Crippen LogP contribution in [0, 0.1) is 0 Å². The average Bonchev–Trinajstić information content (AvgIpc) is 2.47. The van der Waals surface area contributed by atoms with Crippen molar-refractivity contribution in [2.24, 2.45) is 0 Å². The molecule has 1 aromatic rings. The van der Waals surface area contributed by atoms with Gasteiger partial charge in [-0.25, -0.2) is 9.59 Å². The molecule has 106 valence electrons. The zero-order chi connectivity index (χ0) is 14.4. The van der Waals surface area contributed by atoms with Gasteiger partial charge in [0.15, 0.2) is 12.7 Å². The van der Waals surface area contributed by atoms with E-state index in [0.717, 1.165) is 5.56 Å². The fraction of sp³-hybridized carbons (Fsp3) is 0.357. The SMILES string of the molecule is O=C(CCC1OC(=O)COC1=O)OCc1ccccc1. The van der Waals surface area contributed by atoms with Crippen molar-refractivity contribution in [2.75, 3.05) is 6.61 Å². The van der Waals surface area contributed by atoms with Crippen molar-refractivity contribution < 1.29 is 28.6 Å². The second kappa shape index (κ2) is 6.70. The molecule has 1 atom stereocenters. The highest BCUT2D eigenvalue weighted by Crippen LogP contribution is 2.11. The monoisotopic (exact) mass is 278 g/mol. The number of esters is 3. The van der Waals surface area contributed by atoms with E-state index >= 15 is 0 Å². The Hall–Kier alpha value is -2.37. The fourth-order valence-corrected chi connectivity index (χ4v) is 1.70. The molecule has 6 nitrogen and oxygen atoms in total. The van der Waals surface area contributed by atoms with E-state index in [9.17, 15) is 14.4 Å². The van der Waals surface area contributed by atoms with Crippen LogP contribution in [-0.4, -0.2) is 30.6 Å². The van der Waals surface area contributed by atoms with Crippen molar-refractivity contribution >= 4 is 17.9 Å². The summed E-state index contributed by atoms with van der Waals surface area (Å²) in [5, 5.41) is 0. The maximum Gasteiger partial charge on any atom is 0.348 e. The highest BCUT2D eigenvalue weighted by Gasteiger charge is 2.30. The third-order valence-corrected chi connectivity index (χ3v) is 2.72. The summed E-state index contributed by atoms with van der Waals surface area (Å²) >= 11 is 0. The van der Waals surface area contributed by atoms with Crippen molar-refractivity contribution in [1.82, 2.24) is 0 Å². The topological polar surface area (TPSA) is 78.9 Å². The summed E-state index contributed by atoms with van der Waals surface area (Å²) in [4.78, 5) is 33.8. The molecule has 0 amide bonds. The number of carbonyl (C=O) groups is 3. The van der Waals surface area contributed by atoms with Crippen LogP contribution in [0.4, 0.5) is 0 Å². The van der Waals surface area contributed by atoms with Crippen molar-refractivity contribution in [3.8, 4) is 0 Å². The second-order valence-corrected chi connectivity index (χ2v) is 4.27. The van der Waals surface area contributed by atoms with E-state index in [2.05, 4.69) is 4.74 Å². The Morgan fingerprint density at radius 2 is 2.00 bits per heavy atom. The van der Waals surface area contributed by atoms with Crippen LogP contribution in [0.15, 0.2) is 30.3 Å². The summed E-state index contributed by atoms with van der Waals surface area (Å²) in [6, 6.07) is 9.25. The number of ether oxygens (including phenoxy) is 3. The van der Waals surface area contributed by atoms with Gasteiger partial charge in [0, 0.05) is 12.8 Å². The molecule has 1 aliphatic heterocycles. The third-order valence-electron chi connectivity index (χ3n) is 2.72. The zero-order valence-corrected chi connectivity index (χ0v) is 10.7. The lowest BCUT2D eigenvalue weighted by Crippen LogP contribution is -2.37. The van der Waals surface area contributed by atoms with Crippen LogP contribution in [0.1, 0.15) is 18.4 Å². The first kappa shape index (κ1) is 14.0. The second-order valence-electron chi connectivity index (χ2n) is 4.27. The van der Waals surface area contributed by atoms with Crippen LogP contribution >= 0.6 is 0 Å². The molecule has 1 unspecified atom stereocenters. The normalized spacial score (nSPS) is 18.1. The molecular weight excluding hydrogens is 264 g/mol. The van der Waals surface area contributed by atoms with Crippen LogP contribution in [0.5, 0.6) is 0 Å². The summed E-state index contributed by atoms with van der Waals surface area (Å²) < 4.78 is 14.4. The fourth-order valence-electron chi connectivity index (χ4n) is 1.70. The third kappa shape index (κ3) is 4.08. The van der Waals surface area contributed by atoms with Gasteiger partial charge in [-0.3, -0.25) is 4.79 Å². The van der Waals surface area contributed by atoms with Crippen molar-refractivity contribution in [3.63, 3.8) is 0 Å². The molecule has 0 spiro atoms. The summed E-state index contributed by atoms with van der Waals surface area (Å²) in [6.07, 6.45) is -0.960. The first-order chi connectivity index (χ1) is 9.65. The van der Waals surface area contributed by atoms with Crippen LogP contribution in [0.3, 0.4) is 0 Å². The summed E-state index contributed by atoms with van der Waals surface area (Å²) in [5.74, 6) is -1.68. The van der Waals surface area contributed by atoms with E-state index in [0.29, 0.717) is 0 Å². The highest BCUT2D eigenvalue weighted by atomic mass is 16.6. The lowest BCUT2D eigenvalue weighted by Gasteiger charge is -2.20. The van der Waals surface area contributed by atoms with E-state index in [-0.39, 0.29) is 26.1 Å². The van der Waals surface area contributed by atoms with Crippen molar-refractivity contribution in [2.45, 2.75) is 25.6 Å². The van der Waals surface area contributed by atoms with Gasteiger partial charge < -0.3 is 14.2 Å². The van der Waals surface area contributed by atoms with Gasteiger partial charge in [0.2, 0.25) is 0 Å². The molecule has 1 aromatic carbocycles. The molecule has 2 rings (SSSR count). The van der Waals surface area contributed by atoms with Crippen LogP contribution in [-0.2, 0) is 35.2 Å². The van der Waals surface area contributed by atoms with E-state index in [1.165, 1.54) is 0 Å². The molecule has 6 heteroatoms. The minimum Gasteiger partial charge on any atom is -0.461 e. The van der Waals surface area contributed by atoms with Gasteiger partial charge in [-0.1, -0.05) is 30.3 Å². The first-order valence-electron chi connectivity index (χ1n) is 6.21. The summed E-state index contributed by atoms with van der Waals surface area (Å²) in [7, 11) is 0. The molecule has 0 saturated carbocycles. The molecule has 0 bridgehead atoms. The quantitative estimate of drug-likeness (QED) is 0.590. The van der Waals surface area contributed by atoms with Crippen LogP contribution in [0.2, 0.25) is 0 Å². The van der Waals surface area contributed by atoms with Gasteiger partial charge in [0.05, 0.1) is 0 Å². The number of benzene rings is 1. The van der Waals surface area contributed by atoms with Crippen LogP contribution in [0.25, 0.3) is 0 Å². The molecule has 1 saturated heterocycles. The van der Waals surface area contributed by atoms with Gasteiger partial charge in [-0.15, -0.1) is 0 Å². The molecule has 1 fully saturated rings. The molecule has 1 aliphatic rings. The lowest BCUT2D eigenvalue weighted by atomic mass is 10.2. The predicted octanol–water partition coefficient (Wildman–Crippen LogP) is 0.979. The van der Waals surface area contributed by atoms with E-state index in [1.54, 1.807) is 0 Å². The molecule has 0 N–H and O–H groups in total. The smallest absolute Gasteiger partial charge is 0.348 e. The number of carbonyl (C=O) groups excluding carboxylic acids is 3. The maximum atomic E-state index is 11.5. The zero-order valence-electron chi connectivity index (χ0n) is 10.7. The first-order valence-corrected chi connectivity index (χ1v) is 6.21. The van der Waals surface area contributed by atoms with Gasteiger partial charge in [-0.05, 0) is 5.56 Å². The van der Waals surface area contributed by atoms with E-state index < -0.39 is 24.0 Å². The average molecular weight is 278 g/mol. The molecule has 20 heavy (non-hydrogen) atoms. The predicted molar refractivity (Wildman–Crippen MR) is 66.3 cm³/mol. The van der Waals surface area contributed by atoms with Crippen molar-refractivity contribution in [3.05, 3.63) is 35.9 Å². The molecule has 0 aliphatic carbocycles. The lowest BCUT2D eigenvalue weighted by molar-refractivity contribution is -0.185. The standard InChI is InChI=1S/C14H14O6/c15-12(18-8-10-4-2-1-3-5-10)7-6-11-14(17)19-9-13(16)20-11/h1-5,11H,6-9H2. The Kier molecular flexibility index (Phi) is 4.70. The van der Waals surface area contributed by atoms with Crippen LogP contribution < -0.4 is 0 Å². The highest BCUT2D eigenvalue weighted by molar-refractivity contribution is 5.85. The minimum atomic E-state index is -1.01. The van der Waals surface area contributed by atoms with Gasteiger partial charge in [0.25, 0.3) is 0 Å². The number of cyclic esters (lactones) is 2. The molecular formula is C14H14O6. The van der Waals surface area contributed by atoms with Crippen molar-refractivity contribution in [1.29, 1.82) is 0 Å². The maximum absolute atomic E-state index is 11.5. The Morgan fingerprint density at radius 3 is 2.75 bits per heavy atom. The number of rotatable bonds is 5. The largest absolute Gasteiger partial charge is 0.461 e. The van der Waals surface area contributed by atoms with E-state index in [4.69, 9.17) is 9.47 Å². The Bertz CT molecular complexity index is 496. The minimum absolute atomic E-state index is 0.0140. The van der Waals surface area contributed by atoms with Gasteiger partial charge in [0.1, 0.15) is 6.61 Å². The Morgan fingerprint density at radius 1 is 1.25 bits per heavy atom. The van der Waals surface area contributed by atoms with Gasteiger partial charge in [-0.2, -0.15) is 0 Å². The summed E-state index contributed by atoms with van der Waals surface area (Å²) in [6.45, 7) is -0.192.